The minimum atomic E-state index is -0.479. The molecule has 0 aromatic heterocycles. The van der Waals surface area contributed by atoms with E-state index in [-0.39, 0.29) is 42.1 Å². The first-order chi connectivity index (χ1) is 13.9. The summed E-state index contributed by atoms with van der Waals surface area (Å²) in [5, 5.41) is 6.24. The predicted octanol–water partition coefficient (Wildman–Crippen LogP) is 3.57. The van der Waals surface area contributed by atoms with E-state index in [1.54, 1.807) is 21.3 Å². The van der Waals surface area contributed by atoms with Crippen LogP contribution in [0.15, 0.2) is 41.4 Å². The van der Waals surface area contributed by atoms with Gasteiger partial charge in [-0.25, -0.2) is 8.78 Å². The van der Waals surface area contributed by atoms with Gasteiger partial charge in [-0.15, -0.1) is 24.0 Å². The first-order valence-electron chi connectivity index (χ1n) is 9.16. The second-order valence-electron chi connectivity index (χ2n) is 6.64. The molecule has 30 heavy (non-hydrogen) atoms. The fourth-order valence-electron chi connectivity index (χ4n) is 2.93. The molecule has 2 aromatic rings. The quantitative estimate of drug-likeness (QED) is 0.308. The van der Waals surface area contributed by atoms with E-state index in [2.05, 4.69) is 20.5 Å². The summed E-state index contributed by atoms with van der Waals surface area (Å²) in [5.74, 6) is 0.858. The molecule has 0 saturated heterocycles. The molecule has 1 unspecified atom stereocenters. The van der Waals surface area contributed by atoms with E-state index in [0.717, 1.165) is 17.7 Å². The van der Waals surface area contributed by atoms with Crippen LogP contribution in [0.25, 0.3) is 0 Å². The summed E-state index contributed by atoms with van der Waals surface area (Å²) in [6.45, 7) is 0.653. The number of nitrogens with zero attached hydrogens (tertiary/aromatic N) is 2. The number of aliphatic imine (C=N–C) groups is 1. The molecule has 0 heterocycles. The van der Waals surface area contributed by atoms with Crippen molar-refractivity contribution >= 4 is 29.9 Å². The molecule has 0 fully saturated rings. The Morgan fingerprint density at radius 2 is 1.73 bits per heavy atom. The molecule has 6 nitrogen and oxygen atoms in total. The van der Waals surface area contributed by atoms with Gasteiger partial charge in [0, 0.05) is 25.7 Å². The van der Waals surface area contributed by atoms with Crippen molar-refractivity contribution in [3.05, 3.63) is 59.2 Å². The third kappa shape index (κ3) is 6.98. The van der Waals surface area contributed by atoms with Crippen molar-refractivity contribution < 1.29 is 18.3 Å². The average molecular weight is 534 g/mol. The van der Waals surface area contributed by atoms with Crippen molar-refractivity contribution in [2.75, 3.05) is 41.9 Å². The smallest absolute Gasteiger partial charge is 0.191 e. The first-order valence-corrected chi connectivity index (χ1v) is 9.16. The molecule has 0 aliphatic carbocycles. The Morgan fingerprint density at radius 3 is 2.33 bits per heavy atom. The Kier molecular flexibility index (Phi) is 10.8. The Bertz CT molecular complexity index is 850. The highest BCUT2D eigenvalue weighted by Crippen LogP contribution is 2.31. The first kappa shape index (κ1) is 25.9. The molecule has 0 spiro atoms. The van der Waals surface area contributed by atoms with Gasteiger partial charge in [-0.2, -0.15) is 0 Å². The van der Waals surface area contributed by atoms with Crippen LogP contribution in [0.2, 0.25) is 0 Å². The zero-order valence-corrected chi connectivity index (χ0v) is 20.2. The molecule has 1 atom stereocenters. The van der Waals surface area contributed by atoms with Crippen LogP contribution >= 0.6 is 24.0 Å². The Hall–Kier alpha value is -2.14. The summed E-state index contributed by atoms with van der Waals surface area (Å²) in [4.78, 5) is 6.22. The fraction of sp³-hybridized carbons (Fsp3) is 0.381. The lowest BCUT2D eigenvalue weighted by molar-refractivity contribution is 0.295. The summed E-state index contributed by atoms with van der Waals surface area (Å²) in [6, 6.07) is 9.17. The predicted molar refractivity (Wildman–Crippen MR) is 126 cm³/mol. The molecule has 2 aromatic carbocycles. The van der Waals surface area contributed by atoms with Crippen molar-refractivity contribution in [1.29, 1.82) is 0 Å². The van der Waals surface area contributed by atoms with Crippen molar-refractivity contribution in [2.24, 2.45) is 4.99 Å². The number of ether oxygens (including phenoxy) is 2. The number of hydrogen-bond donors (Lipinski definition) is 2. The van der Waals surface area contributed by atoms with Crippen molar-refractivity contribution in [1.82, 2.24) is 15.5 Å². The summed E-state index contributed by atoms with van der Waals surface area (Å²) < 4.78 is 37.8. The van der Waals surface area contributed by atoms with Gasteiger partial charge in [0.2, 0.25) is 0 Å². The van der Waals surface area contributed by atoms with Crippen LogP contribution in [0.5, 0.6) is 11.5 Å². The van der Waals surface area contributed by atoms with E-state index >= 15 is 0 Å². The third-order valence-electron chi connectivity index (χ3n) is 4.56. The monoisotopic (exact) mass is 534 g/mol. The van der Waals surface area contributed by atoms with Crippen molar-refractivity contribution in [3.8, 4) is 11.5 Å². The Labute approximate surface area is 193 Å². The normalized spacial score (nSPS) is 12.2. The summed E-state index contributed by atoms with van der Waals surface area (Å²) in [6.07, 6.45) is 0. The highest BCUT2D eigenvalue weighted by molar-refractivity contribution is 14.0. The molecule has 0 radical (unpaired) electrons. The minimum Gasteiger partial charge on any atom is -0.493 e. The van der Waals surface area contributed by atoms with Gasteiger partial charge in [-0.1, -0.05) is 6.07 Å². The van der Waals surface area contributed by atoms with Crippen LogP contribution in [0.4, 0.5) is 8.78 Å². The van der Waals surface area contributed by atoms with Gasteiger partial charge >= 0.3 is 0 Å². The largest absolute Gasteiger partial charge is 0.493 e. The minimum absolute atomic E-state index is 0. The van der Waals surface area contributed by atoms with Gasteiger partial charge in [0.25, 0.3) is 0 Å². The lowest BCUT2D eigenvalue weighted by atomic mass is 10.1. The lowest BCUT2D eigenvalue weighted by Gasteiger charge is -2.26. The Balaban J connectivity index is 0.00000450. The number of methoxy groups -OCH3 is 2. The number of nitrogens with one attached hydrogen (secondary N) is 2. The molecule has 0 aliphatic rings. The van der Waals surface area contributed by atoms with E-state index in [9.17, 15) is 8.78 Å². The zero-order chi connectivity index (χ0) is 21.4. The van der Waals surface area contributed by atoms with Crippen LogP contribution in [-0.2, 0) is 6.54 Å². The van der Waals surface area contributed by atoms with Gasteiger partial charge in [0.15, 0.2) is 17.5 Å². The second kappa shape index (κ2) is 12.5. The van der Waals surface area contributed by atoms with Crippen LogP contribution < -0.4 is 20.1 Å². The van der Waals surface area contributed by atoms with Crippen LogP contribution in [0.3, 0.4) is 0 Å². The van der Waals surface area contributed by atoms with E-state index in [1.807, 2.05) is 32.3 Å². The van der Waals surface area contributed by atoms with E-state index in [4.69, 9.17) is 9.47 Å². The van der Waals surface area contributed by atoms with Crippen molar-refractivity contribution in [2.45, 2.75) is 12.6 Å². The molecular formula is C21H29F2IN4O2. The fourth-order valence-corrected chi connectivity index (χ4v) is 2.93. The van der Waals surface area contributed by atoms with Gasteiger partial charge in [0.05, 0.1) is 20.3 Å². The molecule has 166 valence electrons. The number of halogens is 3. The maximum atomic E-state index is 13.8. The molecule has 0 bridgehead atoms. The average Bonchev–Trinajstić information content (AvgIpc) is 2.72. The molecule has 0 aliphatic heterocycles. The maximum Gasteiger partial charge on any atom is 0.191 e. The number of guanidine groups is 1. The van der Waals surface area contributed by atoms with Crippen LogP contribution in [0, 0.1) is 11.6 Å². The highest BCUT2D eigenvalue weighted by atomic mass is 127. The molecule has 2 rings (SSSR count). The number of hydrogen-bond acceptors (Lipinski definition) is 4. The third-order valence-corrected chi connectivity index (χ3v) is 4.56. The van der Waals surface area contributed by atoms with Gasteiger partial charge < -0.3 is 25.0 Å². The number of benzene rings is 2. The molecule has 2 N–H and O–H groups in total. The summed E-state index contributed by atoms with van der Waals surface area (Å²) in [7, 11) is 8.77. The van der Waals surface area contributed by atoms with Crippen LogP contribution in [-0.4, -0.2) is 52.8 Å². The summed E-state index contributed by atoms with van der Waals surface area (Å²) in [5.41, 5.74) is 1.27. The van der Waals surface area contributed by atoms with E-state index in [1.165, 1.54) is 6.07 Å². The lowest BCUT2D eigenvalue weighted by Crippen LogP contribution is -2.41. The van der Waals surface area contributed by atoms with Gasteiger partial charge in [-0.05, 0) is 50.0 Å². The maximum absolute atomic E-state index is 13.8. The number of likely N-dealkylation sites (N-methyl/N-ethyl adjacent to an activating group) is 1. The van der Waals surface area contributed by atoms with Gasteiger partial charge in [0.1, 0.15) is 11.6 Å². The van der Waals surface area contributed by atoms with Gasteiger partial charge in [-0.3, -0.25) is 4.99 Å². The van der Waals surface area contributed by atoms with E-state index < -0.39 is 11.6 Å². The number of rotatable bonds is 8. The van der Waals surface area contributed by atoms with Crippen molar-refractivity contribution in [3.63, 3.8) is 0 Å². The summed E-state index contributed by atoms with van der Waals surface area (Å²) >= 11 is 0. The zero-order valence-electron chi connectivity index (χ0n) is 17.8. The SMILES string of the molecule is CN=C(NCc1cc(F)ccc1F)NCC(c1ccc(OC)c(OC)c1)N(C)C.I. The molecular weight excluding hydrogens is 505 g/mol. The second-order valence-corrected chi connectivity index (χ2v) is 6.64. The van der Waals surface area contributed by atoms with E-state index in [0.29, 0.717) is 24.0 Å². The topological polar surface area (TPSA) is 58.1 Å². The highest BCUT2D eigenvalue weighted by Gasteiger charge is 2.17. The molecule has 0 saturated carbocycles. The molecule has 9 heteroatoms. The molecule has 0 amide bonds. The van der Waals surface area contributed by atoms with Crippen LogP contribution in [0.1, 0.15) is 17.2 Å². The standard InChI is InChI=1S/C21H28F2N4O2.HI/c1-24-21(25-12-15-10-16(22)7-8-17(15)23)26-13-18(27(2)3)14-6-9-19(28-4)20(11-14)29-5;/h6-11,18H,12-13H2,1-5H3,(H2,24,25,26);1H. The Morgan fingerprint density at radius 1 is 1.03 bits per heavy atom.